The van der Waals surface area contributed by atoms with Gasteiger partial charge in [0.05, 0.1) is 17.1 Å². The van der Waals surface area contributed by atoms with Gasteiger partial charge in [-0.1, -0.05) is 39.0 Å². The van der Waals surface area contributed by atoms with E-state index in [1.165, 1.54) is 4.68 Å². The lowest BCUT2D eigenvalue weighted by atomic mass is 9.96. The quantitative estimate of drug-likeness (QED) is 0.883. The fourth-order valence-corrected chi connectivity index (χ4v) is 3.52. The maximum Gasteiger partial charge on any atom is 0.275 e. The third kappa shape index (κ3) is 4.35. The van der Waals surface area contributed by atoms with E-state index in [2.05, 4.69) is 31.2 Å². The standard InChI is InChI=1S/C20H26N4O3/c1-13-15-7-5-6-8-16(15)19(27)24(22-13)11-17(25)21-14-9-18(26)23(10-14)12-20(2,3)4/h5-8,14H,9-12H2,1-4H3,(H,21,25)/t14-/m0/s1. The van der Waals surface area contributed by atoms with Gasteiger partial charge in [0, 0.05) is 24.9 Å². The second-order valence-corrected chi connectivity index (χ2v) is 8.40. The van der Waals surface area contributed by atoms with Crippen LogP contribution in [-0.4, -0.2) is 45.6 Å². The van der Waals surface area contributed by atoms with Crippen LogP contribution in [0, 0.1) is 12.3 Å². The van der Waals surface area contributed by atoms with E-state index in [4.69, 9.17) is 0 Å². The molecule has 0 radical (unpaired) electrons. The summed E-state index contributed by atoms with van der Waals surface area (Å²) >= 11 is 0. The summed E-state index contributed by atoms with van der Waals surface area (Å²) in [6, 6.07) is 7.00. The first kappa shape index (κ1) is 19.1. The number of aromatic nitrogens is 2. The summed E-state index contributed by atoms with van der Waals surface area (Å²) in [5, 5.41) is 8.46. The molecular weight excluding hydrogens is 344 g/mol. The highest BCUT2D eigenvalue weighted by Crippen LogP contribution is 2.20. The second kappa shape index (κ2) is 7.13. The van der Waals surface area contributed by atoms with Crippen LogP contribution in [-0.2, 0) is 16.1 Å². The summed E-state index contributed by atoms with van der Waals surface area (Å²) in [7, 11) is 0. The van der Waals surface area contributed by atoms with Crippen molar-refractivity contribution in [1.82, 2.24) is 20.0 Å². The molecule has 1 aromatic carbocycles. The predicted octanol–water partition coefficient (Wildman–Crippen LogP) is 1.47. The van der Waals surface area contributed by atoms with Crippen molar-refractivity contribution in [2.45, 2.75) is 46.7 Å². The molecule has 1 atom stereocenters. The van der Waals surface area contributed by atoms with Crippen LogP contribution < -0.4 is 10.9 Å². The smallest absolute Gasteiger partial charge is 0.275 e. The molecule has 1 fully saturated rings. The van der Waals surface area contributed by atoms with Crippen molar-refractivity contribution in [3.05, 3.63) is 40.3 Å². The molecule has 0 spiro atoms. The Hall–Kier alpha value is -2.70. The molecule has 0 aliphatic carbocycles. The van der Waals surface area contributed by atoms with Gasteiger partial charge in [0.25, 0.3) is 5.56 Å². The van der Waals surface area contributed by atoms with E-state index in [0.717, 1.165) is 5.39 Å². The Morgan fingerprint density at radius 2 is 1.89 bits per heavy atom. The van der Waals surface area contributed by atoms with Gasteiger partial charge in [0.15, 0.2) is 0 Å². The summed E-state index contributed by atoms with van der Waals surface area (Å²) in [6.07, 6.45) is 0.293. The van der Waals surface area contributed by atoms with Crippen LogP contribution >= 0.6 is 0 Å². The summed E-state index contributed by atoms with van der Waals surface area (Å²) in [5.41, 5.74) is 0.419. The Bertz CT molecular complexity index is 942. The third-order valence-electron chi connectivity index (χ3n) is 4.59. The van der Waals surface area contributed by atoms with E-state index in [1.807, 2.05) is 19.1 Å². The largest absolute Gasteiger partial charge is 0.349 e. The molecule has 7 heteroatoms. The second-order valence-electron chi connectivity index (χ2n) is 8.40. The maximum absolute atomic E-state index is 12.6. The molecule has 0 saturated carbocycles. The van der Waals surface area contributed by atoms with E-state index in [0.29, 0.717) is 30.6 Å². The van der Waals surface area contributed by atoms with Crippen LogP contribution in [0.25, 0.3) is 10.8 Å². The first-order valence-electron chi connectivity index (χ1n) is 9.18. The van der Waals surface area contributed by atoms with E-state index < -0.39 is 0 Å². The normalized spacial score (nSPS) is 17.6. The molecule has 1 aliphatic heterocycles. The molecule has 2 heterocycles. The Kier molecular flexibility index (Phi) is 5.04. The fraction of sp³-hybridized carbons (Fsp3) is 0.500. The van der Waals surface area contributed by atoms with Gasteiger partial charge < -0.3 is 10.2 Å². The highest BCUT2D eigenvalue weighted by Gasteiger charge is 2.32. The first-order valence-corrected chi connectivity index (χ1v) is 9.18. The van der Waals surface area contributed by atoms with Crippen LogP contribution in [0.4, 0.5) is 0 Å². The Balaban J connectivity index is 1.69. The van der Waals surface area contributed by atoms with Gasteiger partial charge in [-0.3, -0.25) is 14.4 Å². The zero-order chi connectivity index (χ0) is 19.8. The number of hydrogen-bond acceptors (Lipinski definition) is 4. The van der Waals surface area contributed by atoms with Gasteiger partial charge in [-0.05, 0) is 18.4 Å². The zero-order valence-corrected chi connectivity index (χ0v) is 16.3. The van der Waals surface area contributed by atoms with E-state index >= 15 is 0 Å². The lowest BCUT2D eigenvalue weighted by Crippen LogP contribution is -2.42. The number of likely N-dealkylation sites (tertiary alicyclic amines) is 1. The molecule has 7 nitrogen and oxygen atoms in total. The highest BCUT2D eigenvalue weighted by atomic mass is 16.2. The lowest BCUT2D eigenvalue weighted by Gasteiger charge is -2.26. The minimum Gasteiger partial charge on any atom is -0.349 e. The minimum atomic E-state index is -0.310. The predicted molar refractivity (Wildman–Crippen MR) is 103 cm³/mol. The van der Waals surface area contributed by atoms with Crippen molar-refractivity contribution in [1.29, 1.82) is 0 Å². The summed E-state index contributed by atoms with van der Waals surface area (Å²) in [5.74, 6) is -0.262. The number of benzene rings is 1. The van der Waals surface area contributed by atoms with Gasteiger partial charge in [-0.15, -0.1) is 0 Å². The Morgan fingerprint density at radius 1 is 1.22 bits per heavy atom. The molecule has 1 aliphatic rings. The highest BCUT2D eigenvalue weighted by molar-refractivity contribution is 5.84. The molecule has 27 heavy (non-hydrogen) atoms. The van der Waals surface area contributed by atoms with Crippen molar-refractivity contribution >= 4 is 22.6 Å². The molecule has 0 bridgehead atoms. The van der Waals surface area contributed by atoms with E-state index in [9.17, 15) is 14.4 Å². The number of hydrogen-bond donors (Lipinski definition) is 1. The number of nitrogens with zero attached hydrogens (tertiary/aromatic N) is 3. The van der Waals surface area contributed by atoms with Crippen LogP contribution in [0.5, 0.6) is 0 Å². The van der Waals surface area contributed by atoms with Crippen molar-refractivity contribution in [3.63, 3.8) is 0 Å². The first-order chi connectivity index (χ1) is 12.6. The van der Waals surface area contributed by atoms with Gasteiger partial charge in [-0.25, -0.2) is 4.68 Å². The van der Waals surface area contributed by atoms with Crippen molar-refractivity contribution in [2.75, 3.05) is 13.1 Å². The van der Waals surface area contributed by atoms with Crippen molar-refractivity contribution in [2.24, 2.45) is 5.41 Å². The number of aryl methyl sites for hydroxylation is 1. The molecule has 3 rings (SSSR count). The molecule has 1 aromatic heterocycles. The summed E-state index contributed by atoms with van der Waals surface area (Å²) in [4.78, 5) is 38.9. The molecule has 1 saturated heterocycles. The molecule has 2 aromatic rings. The van der Waals surface area contributed by atoms with Gasteiger partial charge in [-0.2, -0.15) is 5.10 Å². The number of fused-ring (bicyclic) bond motifs is 1. The molecule has 144 valence electrons. The van der Waals surface area contributed by atoms with Gasteiger partial charge in [0.1, 0.15) is 6.54 Å². The Labute approximate surface area is 158 Å². The average Bonchev–Trinajstić information content (AvgIpc) is 2.89. The topological polar surface area (TPSA) is 84.3 Å². The Morgan fingerprint density at radius 3 is 2.56 bits per heavy atom. The van der Waals surface area contributed by atoms with Crippen molar-refractivity contribution < 1.29 is 9.59 Å². The van der Waals surface area contributed by atoms with E-state index in [-0.39, 0.29) is 35.4 Å². The molecule has 0 unspecified atom stereocenters. The van der Waals surface area contributed by atoms with Crippen molar-refractivity contribution in [3.8, 4) is 0 Å². The maximum atomic E-state index is 12.6. The SMILES string of the molecule is Cc1nn(CC(=O)N[C@H]2CC(=O)N(CC(C)(C)C)C2)c(=O)c2ccccc12. The molecular formula is C20H26N4O3. The summed E-state index contributed by atoms with van der Waals surface area (Å²) in [6.45, 7) is 9.04. The number of nitrogens with one attached hydrogen (secondary N) is 1. The zero-order valence-electron chi connectivity index (χ0n) is 16.3. The van der Waals surface area contributed by atoms with Gasteiger partial charge >= 0.3 is 0 Å². The fourth-order valence-electron chi connectivity index (χ4n) is 3.52. The number of carbonyl (C=O) groups is 2. The number of rotatable bonds is 4. The average molecular weight is 370 g/mol. The number of carbonyl (C=O) groups excluding carboxylic acids is 2. The van der Waals surface area contributed by atoms with E-state index in [1.54, 1.807) is 17.0 Å². The number of amides is 2. The summed E-state index contributed by atoms with van der Waals surface area (Å²) < 4.78 is 1.19. The monoisotopic (exact) mass is 370 g/mol. The lowest BCUT2D eigenvalue weighted by molar-refractivity contribution is -0.128. The third-order valence-corrected chi connectivity index (χ3v) is 4.59. The van der Waals surface area contributed by atoms with Crippen LogP contribution in [0.2, 0.25) is 0 Å². The van der Waals surface area contributed by atoms with Crippen LogP contribution in [0.1, 0.15) is 32.9 Å². The van der Waals surface area contributed by atoms with Gasteiger partial charge in [0.2, 0.25) is 11.8 Å². The van der Waals surface area contributed by atoms with Crippen LogP contribution in [0.15, 0.2) is 29.1 Å². The molecule has 2 amide bonds. The molecule has 1 N–H and O–H groups in total. The minimum absolute atomic E-state index is 0.00834. The van der Waals surface area contributed by atoms with Crippen LogP contribution in [0.3, 0.4) is 0 Å².